The maximum atomic E-state index is 2.50. The Labute approximate surface area is 219 Å². The molecule has 0 aromatic heterocycles. The van der Waals surface area contributed by atoms with Gasteiger partial charge in [-0.25, -0.2) is 0 Å². The predicted molar refractivity (Wildman–Crippen MR) is 159 cm³/mol. The number of rotatable bonds is 29. The summed E-state index contributed by atoms with van der Waals surface area (Å²) in [6.45, 7) is 9.61. The van der Waals surface area contributed by atoms with Crippen LogP contribution in [-0.2, 0) is 0 Å². The Bertz CT molecular complexity index is 346. The molecule has 0 nitrogen and oxygen atoms in total. The average molecular weight is 479 g/mol. The van der Waals surface area contributed by atoms with Gasteiger partial charge in [-0.2, -0.15) is 0 Å². The topological polar surface area (TPSA) is 0 Å². The Hall–Kier alpha value is 0. The van der Waals surface area contributed by atoms with E-state index in [1.165, 1.54) is 180 Å². The molecule has 0 saturated carbocycles. The van der Waals surface area contributed by atoms with Gasteiger partial charge in [0.2, 0.25) is 0 Å². The molecule has 0 aliphatic heterocycles. The first-order chi connectivity index (χ1) is 16.7. The molecule has 0 heterocycles. The molecule has 0 aliphatic carbocycles. The van der Waals surface area contributed by atoms with Crippen molar-refractivity contribution in [2.24, 2.45) is 11.8 Å². The summed E-state index contributed by atoms with van der Waals surface area (Å²) in [6.07, 6.45) is 41.1. The van der Waals surface area contributed by atoms with Crippen molar-refractivity contribution in [2.75, 3.05) is 0 Å². The van der Waals surface area contributed by atoms with Crippen LogP contribution >= 0.6 is 0 Å². The van der Waals surface area contributed by atoms with Gasteiger partial charge >= 0.3 is 0 Å². The highest BCUT2D eigenvalue weighted by Crippen LogP contribution is 2.21. The Kier molecular flexibility index (Phi) is 29.2. The molecule has 2 unspecified atom stereocenters. The van der Waals surface area contributed by atoms with Crippen molar-refractivity contribution >= 4 is 0 Å². The van der Waals surface area contributed by atoms with E-state index in [2.05, 4.69) is 27.7 Å². The third-order valence-electron chi connectivity index (χ3n) is 8.24. The summed E-state index contributed by atoms with van der Waals surface area (Å²) in [5.74, 6) is 1.92. The zero-order chi connectivity index (χ0) is 25.0. The lowest BCUT2D eigenvalue weighted by molar-refractivity contribution is 0.407. The van der Waals surface area contributed by atoms with Crippen molar-refractivity contribution in [2.45, 2.75) is 207 Å². The highest BCUT2D eigenvalue weighted by atomic mass is 14.1. The van der Waals surface area contributed by atoms with Gasteiger partial charge in [0.1, 0.15) is 0 Å². The molecule has 0 saturated heterocycles. The lowest BCUT2D eigenvalue weighted by atomic mass is 9.93. The van der Waals surface area contributed by atoms with E-state index in [-0.39, 0.29) is 0 Å². The summed E-state index contributed by atoms with van der Waals surface area (Å²) in [5, 5.41) is 0. The second kappa shape index (κ2) is 29.2. The highest BCUT2D eigenvalue weighted by molar-refractivity contribution is 4.58. The first-order valence-electron chi connectivity index (χ1n) is 16.7. The maximum Gasteiger partial charge on any atom is -0.0443 e. The van der Waals surface area contributed by atoms with Crippen molar-refractivity contribution in [3.8, 4) is 0 Å². The summed E-state index contributed by atoms with van der Waals surface area (Å²) in [5.41, 5.74) is 0. The fourth-order valence-corrected chi connectivity index (χ4v) is 5.59. The third kappa shape index (κ3) is 28.2. The summed E-state index contributed by atoms with van der Waals surface area (Å²) < 4.78 is 0. The molecule has 0 aromatic rings. The molecular formula is C34H70. The van der Waals surface area contributed by atoms with Crippen LogP contribution < -0.4 is 0 Å². The van der Waals surface area contributed by atoms with Gasteiger partial charge in [-0.3, -0.25) is 0 Å². The van der Waals surface area contributed by atoms with Gasteiger partial charge in [-0.15, -0.1) is 0 Å². The fraction of sp³-hybridized carbons (Fsp3) is 1.00. The monoisotopic (exact) mass is 479 g/mol. The third-order valence-corrected chi connectivity index (χ3v) is 8.24. The van der Waals surface area contributed by atoms with Crippen LogP contribution in [0.15, 0.2) is 0 Å². The fourth-order valence-electron chi connectivity index (χ4n) is 5.59. The van der Waals surface area contributed by atoms with E-state index in [0.717, 1.165) is 11.8 Å². The molecular weight excluding hydrogens is 408 g/mol. The van der Waals surface area contributed by atoms with Gasteiger partial charge in [0.15, 0.2) is 0 Å². The summed E-state index contributed by atoms with van der Waals surface area (Å²) >= 11 is 0. The zero-order valence-corrected chi connectivity index (χ0v) is 25.0. The van der Waals surface area contributed by atoms with E-state index < -0.39 is 0 Å². The van der Waals surface area contributed by atoms with Crippen molar-refractivity contribution in [1.29, 1.82) is 0 Å². The van der Waals surface area contributed by atoms with E-state index in [4.69, 9.17) is 0 Å². The molecule has 0 rings (SSSR count). The van der Waals surface area contributed by atoms with Crippen LogP contribution in [0.4, 0.5) is 0 Å². The summed E-state index contributed by atoms with van der Waals surface area (Å²) in [6, 6.07) is 0. The number of hydrogen-bond acceptors (Lipinski definition) is 0. The lowest BCUT2D eigenvalue weighted by Gasteiger charge is -2.13. The van der Waals surface area contributed by atoms with Crippen molar-refractivity contribution < 1.29 is 0 Å². The largest absolute Gasteiger partial charge is 0.0654 e. The first-order valence-corrected chi connectivity index (χ1v) is 16.7. The van der Waals surface area contributed by atoms with E-state index in [0.29, 0.717) is 0 Å². The van der Waals surface area contributed by atoms with Crippen molar-refractivity contribution in [3.05, 3.63) is 0 Å². The molecule has 34 heavy (non-hydrogen) atoms. The molecule has 0 aliphatic rings. The second-order valence-electron chi connectivity index (χ2n) is 12.1. The lowest BCUT2D eigenvalue weighted by Crippen LogP contribution is -1.97. The van der Waals surface area contributed by atoms with Crippen LogP contribution in [0.5, 0.6) is 0 Å². The van der Waals surface area contributed by atoms with Gasteiger partial charge < -0.3 is 0 Å². The van der Waals surface area contributed by atoms with Gasteiger partial charge in [-0.1, -0.05) is 207 Å². The summed E-state index contributed by atoms with van der Waals surface area (Å²) in [7, 11) is 0. The van der Waals surface area contributed by atoms with Gasteiger partial charge in [-0.05, 0) is 11.8 Å². The summed E-state index contributed by atoms with van der Waals surface area (Å²) in [4.78, 5) is 0. The number of hydrogen-bond donors (Lipinski definition) is 0. The quantitative estimate of drug-likeness (QED) is 0.0937. The molecule has 0 spiro atoms. The van der Waals surface area contributed by atoms with Crippen molar-refractivity contribution in [3.63, 3.8) is 0 Å². The number of unbranched alkanes of at least 4 members (excludes halogenated alkanes) is 21. The Balaban J connectivity index is 3.21. The van der Waals surface area contributed by atoms with Crippen LogP contribution in [0.25, 0.3) is 0 Å². The van der Waals surface area contributed by atoms with E-state index >= 15 is 0 Å². The zero-order valence-electron chi connectivity index (χ0n) is 25.0. The SMILES string of the molecule is CCCCCCCCCCCCCCCCCCC(C)CCCCCC(C)CCCCCCC. The van der Waals surface area contributed by atoms with Gasteiger partial charge in [0.25, 0.3) is 0 Å². The van der Waals surface area contributed by atoms with Crippen LogP contribution in [-0.4, -0.2) is 0 Å². The van der Waals surface area contributed by atoms with Crippen LogP contribution in [0.1, 0.15) is 207 Å². The molecule has 0 aromatic carbocycles. The second-order valence-corrected chi connectivity index (χ2v) is 12.1. The molecule has 0 fully saturated rings. The first kappa shape index (κ1) is 34.0. The maximum absolute atomic E-state index is 2.50. The predicted octanol–water partition coefficient (Wildman–Crippen LogP) is 13.2. The molecule has 0 amide bonds. The van der Waals surface area contributed by atoms with E-state index in [1.54, 1.807) is 0 Å². The molecule has 0 heteroatoms. The minimum atomic E-state index is 0.961. The average Bonchev–Trinajstić information content (AvgIpc) is 2.83. The van der Waals surface area contributed by atoms with Crippen LogP contribution in [0.3, 0.4) is 0 Å². The normalized spacial score (nSPS) is 13.4. The minimum Gasteiger partial charge on any atom is -0.0654 e. The Morgan fingerprint density at radius 2 is 0.441 bits per heavy atom. The van der Waals surface area contributed by atoms with Gasteiger partial charge in [0, 0.05) is 0 Å². The van der Waals surface area contributed by atoms with Crippen molar-refractivity contribution in [1.82, 2.24) is 0 Å². The molecule has 2 atom stereocenters. The highest BCUT2D eigenvalue weighted by Gasteiger charge is 2.05. The standard InChI is InChI=1S/C34H70/c1-5-7-9-11-12-13-14-15-16-17-18-19-20-21-23-26-30-34(4)32-28-24-27-31-33(3)29-25-22-10-8-6-2/h33-34H,5-32H2,1-4H3. The van der Waals surface area contributed by atoms with Crippen LogP contribution in [0, 0.1) is 11.8 Å². The molecule has 0 radical (unpaired) electrons. The van der Waals surface area contributed by atoms with E-state index in [1.807, 2.05) is 0 Å². The smallest absolute Gasteiger partial charge is 0.0443 e. The molecule has 0 N–H and O–H groups in total. The van der Waals surface area contributed by atoms with Gasteiger partial charge in [0.05, 0.1) is 0 Å². The molecule has 206 valence electrons. The molecule has 0 bridgehead atoms. The van der Waals surface area contributed by atoms with E-state index in [9.17, 15) is 0 Å². The minimum absolute atomic E-state index is 0.961. The van der Waals surface area contributed by atoms with Crippen LogP contribution in [0.2, 0.25) is 0 Å². The Morgan fingerprint density at radius 1 is 0.265 bits per heavy atom. The Morgan fingerprint density at radius 3 is 0.676 bits per heavy atom.